The highest BCUT2D eigenvalue weighted by Crippen LogP contribution is 2.33. The summed E-state index contributed by atoms with van der Waals surface area (Å²) < 4.78 is 10.8. The van der Waals surface area contributed by atoms with Crippen molar-refractivity contribution in [3.63, 3.8) is 0 Å². The summed E-state index contributed by atoms with van der Waals surface area (Å²) in [5.41, 5.74) is 0.690. The molecule has 1 unspecified atom stereocenters. The van der Waals surface area contributed by atoms with Crippen molar-refractivity contribution in [2.45, 2.75) is 19.3 Å². The summed E-state index contributed by atoms with van der Waals surface area (Å²) in [5, 5.41) is 6.43. The van der Waals surface area contributed by atoms with Crippen molar-refractivity contribution in [2.24, 2.45) is 11.3 Å². The lowest BCUT2D eigenvalue weighted by molar-refractivity contribution is -0.127. The molecule has 27 heavy (non-hydrogen) atoms. The molecule has 0 saturated carbocycles. The first-order valence-electron chi connectivity index (χ1n) is 9.49. The topological polar surface area (TPSA) is 79.9 Å². The summed E-state index contributed by atoms with van der Waals surface area (Å²) in [5.74, 6) is 0.187. The number of amides is 2. The highest BCUT2D eigenvalue weighted by atomic mass is 16.5. The maximum Gasteiger partial charge on any atom is 0.227 e. The van der Waals surface area contributed by atoms with Gasteiger partial charge in [0.05, 0.1) is 25.3 Å². The third-order valence-electron chi connectivity index (χ3n) is 5.62. The van der Waals surface area contributed by atoms with Gasteiger partial charge in [-0.15, -0.1) is 0 Å². The van der Waals surface area contributed by atoms with Crippen LogP contribution >= 0.6 is 0 Å². The molecule has 7 nitrogen and oxygen atoms in total. The number of anilines is 1. The molecule has 148 valence electrons. The van der Waals surface area contributed by atoms with Gasteiger partial charge in [0.25, 0.3) is 0 Å². The van der Waals surface area contributed by atoms with E-state index in [4.69, 9.17) is 9.47 Å². The molecule has 7 heteroatoms. The molecule has 2 fully saturated rings. The SMILES string of the molecule is COCC1(CNC(=O)C2CC(=O)N(c3ccccc3OC)C2)CCNCC1. The van der Waals surface area contributed by atoms with Gasteiger partial charge in [0, 0.05) is 32.0 Å². The van der Waals surface area contributed by atoms with E-state index in [1.54, 1.807) is 19.1 Å². The fraction of sp³-hybridized carbons (Fsp3) is 0.600. The van der Waals surface area contributed by atoms with Crippen LogP contribution in [0.25, 0.3) is 0 Å². The van der Waals surface area contributed by atoms with Crippen molar-refractivity contribution in [1.29, 1.82) is 0 Å². The molecule has 3 rings (SSSR count). The predicted octanol–water partition coefficient (Wildman–Crippen LogP) is 1.18. The molecule has 2 aliphatic heterocycles. The number of para-hydroxylation sites is 2. The molecule has 2 N–H and O–H groups in total. The van der Waals surface area contributed by atoms with Crippen molar-refractivity contribution >= 4 is 17.5 Å². The Labute approximate surface area is 160 Å². The number of hydrogen-bond acceptors (Lipinski definition) is 5. The summed E-state index contributed by atoms with van der Waals surface area (Å²) in [4.78, 5) is 26.9. The van der Waals surface area contributed by atoms with E-state index in [1.165, 1.54) is 0 Å². The van der Waals surface area contributed by atoms with Crippen LogP contribution < -0.4 is 20.3 Å². The van der Waals surface area contributed by atoms with Gasteiger partial charge in [0.2, 0.25) is 11.8 Å². The first-order valence-corrected chi connectivity index (χ1v) is 9.49. The summed E-state index contributed by atoms with van der Waals surface area (Å²) in [6, 6.07) is 7.40. The van der Waals surface area contributed by atoms with Crippen molar-refractivity contribution in [2.75, 3.05) is 51.9 Å². The van der Waals surface area contributed by atoms with E-state index in [9.17, 15) is 9.59 Å². The number of piperidine rings is 1. The van der Waals surface area contributed by atoms with Crippen molar-refractivity contribution in [1.82, 2.24) is 10.6 Å². The van der Waals surface area contributed by atoms with E-state index < -0.39 is 0 Å². The van der Waals surface area contributed by atoms with Crippen LogP contribution in [0.1, 0.15) is 19.3 Å². The Hall–Kier alpha value is -2.12. The van der Waals surface area contributed by atoms with Gasteiger partial charge in [0.1, 0.15) is 5.75 Å². The predicted molar refractivity (Wildman–Crippen MR) is 103 cm³/mol. The lowest BCUT2D eigenvalue weighted by Gasteiger charge is -2.37. The molecule has 0 aromatic heterocycles. The van der Waals surface area contributed by atoms with E-state index in [-0.39, 0.29) is 29.6 Å². The Bertz CT molecular complexity index is 667. The van der Waals surface area contributed by atoms with Crippen LogP contribution in [-0.2, 0) is 14.3 Å². The van der Waals surface area contributed by atoms with Gasteiger partial charge >= 0.3 is 0 Å². The number of nitrogens with zero attached hydrogens (tertiary/aromatic N) is 1. The lowest BCUT2D eigenvalue weighted by Crippen LogP contribution is -2.48. The third-order valence-corrected chi connectivity index (χ3v) is 5.62. The zero-order valence-corrected chi connectivity index (χ0v) is 16.1. The van der Waals surface area contributed by atoms with Gasteiger partial charge in [-0.2, -0.15) is 0 Å². The fourth-order valence-electron chi connectivity index (χ4n) is 4.02. The van der Waals surface area contributed by atoms with Crippen LogP contribution in [0.15, 0.2) is 24.3 Å². The molecule has 2 amide bonds. The minimum Gasteiger partial charge on any atom is -0.495 e. The smallest absolute Gasteiger partial charge is 0.227 e. The van der Waals surface area contributed by atoms with Crippen LogP contribution in [0.5, 0.6) is 5.75 Å². The van der Waals surface area contributed by atoms with Gasteiger partial charge in [0.15, 0.2) is 0 Å². The van der Waals surface area contributed by atoms with Gasteiger partial charge < -0.3 is 25.0 Å². The standard InChI is InChI=1S/C20H29N3O4/c1-26-14-20(7-9-21-10-8-20)13-22-19(25)15-11-18(24)23(12-15)16-5-3-4-6-17(16)27-2/h3-6,15,21H,7-14H2,1-2H3,(H,22,25). The Morgan fingerprint density at radius 1 is 1.30 bits per heavy atom. The Kier molecular flexibility index (Phi) is 6.34. The summed E-state index contributed by atoms with van der Waals surface area (Å²) in [7, 11) is 3.28. The largest absolute Gasteiger partial charge is 0.495 e. The van der Waals surface area contributed by atoms with Gasteiger partial charge in [-0.25, -0.2) is 0 Å². The zero-order chi connectivity index (χ0) is 19.3. The average molecular weight is 375 g/mol. The third kappa shape index (κ3) is 4.42. The summed E-state index contributed by atoms with van der Waals surface area (Å²) in [6.07, 6.45) is 2.17. The quantitative estimate of drug-likeness (QED) is 0.748. The van der Waals surface area contributed by atoms with Gasteiger partial charge in [-0.1, -0.05) is 12.1 Å². The number of nitrogens with one attached hydrogen (secondary N) is 2. The van der Waals surface area contributed by atoms with Gasteiger partial charge in [-0.3, -0.25) is 9.59 Å². The Morgan fingerprint density at radius 3 is 2.74 bits per heavy atom. The zero-order valence-electron chi connectivity index (χ0n) is 16.1. The number of carbonyl (C=O) groups excluding carboxylic acids is 2. The van der Waals surface area contributed by atoms with Crippen molar-refractivity contribution < 1.29 is 19.1 Å². The summed E-state index contributed by atoms with van der Waals surface area (Å²) >= 11 is 0. The monoisotopic (exact) mass is 375 g/mol. The number of rotatable bonds is 7. The van der Waals surface area contributed by atoms with E-state index in [1.807, 2.05) is 24.3 Å². The number of ether oxygens (including phenoxy) is 2. The maximum absolute atomic E-state index is 12.7. The minimum absolute atomic E-state index is 0.0272. The molecular weight excluding hydrogens is 346 g/mol. The van der Waals surface area contributed by atoms with Gasteiger partial charge in [-0.05, 0) is 38.1 Å². The number of hydrogen-bond donors (Lipinski definition) is 2. The average Bonchev–Trinajstić information content (AvgIpc) is 3.08. The first-order chi connectivity index (χ1) is 13.1. The first kappa shape index (κ1) is 19.6. The van der Waals surface area contributed by atoms with Crippen LogP contribution in [0.2, 0.25) is 0 Å². The van der Waals surface area contributed by atoms with Crippen LogP contribution in [0, 0.1) is 11.3 Å². The second-order valence-corrected chi connectivity index (χ2v) is 7.48. The van der Waals surface area contributed by atoms with E-state index >= 15 is 0 Å². The Balaban J connectivity index is 1.62. The second-order valence-electron chi connectivity index (χ2n) is 7.48. The highest BCUT2D eigenvalue weighted by Gasteiger charge is 2.38. The highest BCUT2D eigenvalue weighted by molar-refractivity contribution is 6.01. The summed E-state index contributed by atoms with van der Waals surface area (Å²) in [6.45, 7) is 3.46. The van der Waals surface area contributed by atoms with Crippen molar-refractivity contribution in [3.8, 4) is 5.75 Å². The van der Waals surface area contributed by atoms with Crippen LogP contribution in [0.3, 0.4) is 0 Å². The molecule has 1 atom stereocenters. The van der Waals surface area contributed by atoms with Crippen LogP contribution in [-0.4, -0.2) is 58.8 Å². The molecule has 0 aliphatic carbocycles. The molecule has 1 aromatic rings. The maximum atomic E-state index is 12.7. The van der Waals surface area contributed by atoms with E-state index in [0.29, 0.717) is 25.4 Å². The van der Waals surface area contributed by atoms with Crippen LogP contribution in [0.4, 0.5) is 5.69 Å². The minimum atomic E-state index is -0.344. The van der Waals surface area contributed by atoms with E-state index in [2.05, 4.69) is 10.6 Å². The number of carbonyl (C=O) groups is 2. The molecule has 0 radical (unpaired) electrons. The number of methoxy groups -OCH3 is 2. The molecule has 2 heterocycles. The molecule has 0 spiro atoms. The normalized spacial score (nSPS) is 21.9. The molecule has 1 aromatic carbocycles. The fourth-order valence-corrected chi connectivity index (χ4v) is 4.02. The van der Waals surface area contributed by atoms with Crippen molar-refractivity contribution in [3.05, 3.63) is 24.3 Å². The molecule has 0 bridgehead atoms. The van der Waals surface area contributed by atoms with E-state index in [0.717, 1.165) is 31.6 Å². The Morgan fingerprint density at radius 2 is 2.04 bits per heavy atom. The molecular formula is C20H29N3O4. The molecule has 2 aliphatic rings. The lowest BCUT2D eigenvalue weighted by atomic mass is 9.79. The second kappa shape index (κ2) is 8.71. The molecule has 2 saturated heterocycles. The number of benzene rings is 1.